The van der Waals surface area contributed by atoms with Crippen LogP contribution in [0, 0.1) is 6.92 Å². The molecular weight excluding hydrogens is 312 g/mol. The number of carbonyl (C=O) groups excluding carboxylic acids is 1. The van der Waals surface area contributed by atoms with Gasteiger partial charge in [0.2, 0.25) is 0 Å². The summed E-state index contributed by atoms with van der Waals surface area (Å²) < 4.78 is 5.92. The second-order valence-corrected chi connectivity index (χ2v) is 7.02. The molecule has 0 aromatic heterocycles. The number of nitrogens with zero attached hydrogens (tertiary/aromatic N) is 1. The number of ether oxygens (including phenoxy) is 1. The summed E-state index contributed by atoms with van der Waals surface area (Å²) in [5, 5.41) is 3.06. The summed E-state index contributed by atoms with van der Waals surface area (Å²) in [5.41, 5.74) is 1.06. The van der Waals surface area contributed by atoms with E-state index >= 15 is 0 Å². The van der Waals surface area contributed by atoms with Crippen molar-refractivity contribution in [2.24, 2.45) is 0 Å². The molecule has 1 aromatic rings. The highest BCUT2D eigenvalue weighted by Crippen LogP contribution is 2.20. The number of likely N-dealkylation sites (tertiary alicyclic amines) is 1. The van der Waals surface area contributed by atoms with Crippen molar-refractivity contribution in [3.8, 4) is 5.75 Å². The van der Waals surface area contributed by atoms with E-state index in [0.717, 1.165) is 36.9 Å². The van der Waals surface area contributed by atoms with E-state index in [-0.39, 0.29) is 5.91 Å². The molecule has 1 aromatic carbocycles. The van der Waals surface area contributed by atoms with Gasteiger partial charge in [-0.25, -0.2) is 0 Å². The van der Waals surface area contributed by atoms with Gasteiger partial charge in [-0.2, -0.15) is 0 Å². The Kier molecular flexibility index (Phi) is 8.26. The Morgan fingerprint density at radius 1 is 1.32 bits per heavy atom. The van der Waals surface area contributed by atoms with E-state index in [1.165, 1.54) is 32.2 Å². The van der Waals surface area contributed by atoms with Crippen LogP contribution in [0.2, 0.25) is 0 Å². The van der Waals surface area contributed by atoms with E-state index < -0.39 is 6.10 Å². The number of hydrogen-bond acceptors (Lipinski definition) is 3. The molecule has 0 unspecified atom stereocenters. The first-order chi connectivity index (χ1) is 12.2. The standard InChI is InChI=1S/C21H34N2O2/c1-4-18-12-8-9-15-23(18)16-10-14-22-21(24)19(5-2)25-20-13-7-6-11-17(20)3/h6-7,11,13,18-19H,4-5,8-10,12,14-16H2,1-3H3,(H,22,24)/t18-,19-/m0/s1. The molecule has 2 atom stereocenters. The Bertz CT molecular complexity index is 532. The fourth-order valence-corrected chi connectivity index (χ4v) is 3.59. The number of hydrogen-bond donors (Lipinski definition) is 1. The summed E-state index contributed by atoms with van der Waals surface area (Å²) in [6, 6.07) is 8.58. The van der Waals surface area contributed by atoms with E-state index in [9.17, 15) is 4.79 Å². The van der Waals surface area contributed by atoms with Gasteiger partial charge >= 0.3 is 0 Å². The zero-order valence-electron chi connectivity index (χ0n) is 16.1. The number of rotatable bonds is 9. The Morgan fingerprint density at radius 2 is 2.12 bits per heavy atom. The zero-order valence-corrected chi connectivity index (χ0v) is 16.1. The van der Waals surface area contributed by atoms with Crippen molar-refractivity contribution in [1.82, 2.24) is 10.2 Å². The molecule has 1 aliphatic heterocycles. The molecule has 0 radical (unpaired) electrons. The van der Waals surface area contributed by atoms with Crippen LogP contribution in [0.4, 0.5) is 0 Å². The average Bonchev–Trinajstić information content (AvgIpc) is 2.64. The quantitative estimate of drug-likeness (QED) is 0.689. The predicted octanol–water partition coefficient (Wildman–Crippen LogP) is 3.92. The lowest BCUT2D eigenvalue weighted by molar-refractivity contribution is -0.128. The van der Waals surface area contributed by atoms with Crippen LogP contribution in [0.5, 0.6) is 5.75 Å². The number of amides is 1. The number of piperidine rings is 1. The van der Waals surface area contributed by atoms with Crippen LogP contribution >= 0.6 is 0 Å². The normalized spacial score (nSPS) is 19.4. The molecule has 140 valence electrons. The number of aryl methyl sites for hydroxylation is 1. The van der Waals surface area contributed by atoms with Crippen LogP contribution < -0.4 is 10.1 Å². The predicted molar refractivity (Wildman–Crippen MR) is 103 cm³/mol. The van der Waals surface area contributed by atoms with Crippen molar-refractivity contribution in [1.29, 1.82) is 0 Å². The zero-order chi connectivity index (χ0) is 18.1. The van der Waals surface area contributed by atoms with Gasteiger partial charge in [-0.1, -0.05) is 38.5 Å². The lowest BCUT2D eigenvalue weighted by Gasteiger charge is -2.35. The molecule has 4 heteroatoms. The van der Waals surface area contributed by atoms with E-state index in [1.807, 2.05) is 38.1 Å². The van der Waals surface area contributed by atoms with Gasteiger partial charge in [0.05, 0.1) is 0 Å². The number of carbonyl (C=O) groups is 1. The second kappa shape index (κ2) is 10.4. The minimum atomic E-state index is -0.417. The largest absolute Gasteiger partial charge is 0.480 e. The third-order valence-electron chi connectivity index (χ3n) is 5.17. The smallest absolute Gasteiger partial charge is 0.261 e. The summed E-state index contributed by atoms with van der Waals surface area (Å²) in [6.07, 6.45) is 6.48. The molecule has 1 aliphatic rings. The number of benzene rings is 1. The topological polar surface area (TPSA) is 41.6 Å². The van der Waals surface area contributed by atoms with Crippen LogP contribution in [-0.4, -0.2) is 42.6 Å². The molecule has 0 aliphatic carbocycles. The highest BCUT2D eigenvalue weighted by atomic mass is 16.5. The molecule has 4 nitrogen and oxygen atoms in total. The lowest BCUT2D eigenvalue weighted by Crippen LogP contribution is -2.42. The molecule has 1 fully saturated rings. The molecule has 1 N–H and O–H groups in total. The number of nitrogens with one attached hydrogen (secondary N) is 1. The maximum absolute atomic E-state index is 12.4. The van der Waals surface area contributed by atoms with E-state index in [0.29, 0.717) is 6.42 Å². The van der Waals surface area contributed by atoms with Gasteiger partial charge in [-0.15, -0.1) is 0 Å². The van der Waals surface area contributed by atoms with Crippen LogP contribution in [-0.2, 0) is 4.79 Å². The molecular formula is C21H34N2O2. The van der Waals surface area contributed by atoms with Gasteiger partial charge in [-0.3, -0.25) is 4.79 Å². The van der Waals surface area contributed by atoms with Gasteiger partial charge in [0.15, 0.2) is 6.10 Å². The molecule has 1 amide bonds. The first-order valence-electron chi connectivity index (χ1n) is 9.89. The first kappa shape index (κ1) is 19.8. The summed E-state index contributed by atoms with van der Waals surface area (Å²) >= 11 is 0. The molecule has 0 spiro atoms. The molecule has 1 saturated heterocycles. The monoisotopic (exact) mass is 346 g/mol. The fraction of sp³-hybridized carbons (Fsp3) is 0.667. The second-order valence-electron chi connectivity index (χ2n) is 7.02. The third kappa shape index (κ3) is 6.03. The van der Waals surface area contributed by atoms with Crippen LogP contribution in [0.3, 0.4) is 0 Å². The summed E-state index contributed by atoms with van der Waals surface area (Å²) in [7, 11) is 0. The molecule has 0 saturated carbocycles. The van der Waals surface area contributed by atoms with Crippen molar-refractivity contribution >= 4 is 5.91 Å². The molecule has 1 heterocycles. The Balaban J connectivity index is 1.73. The van der Waals surface area contributed by atoms with Crippen molar-refractivity contribution in [2.45, 2.75) is 71.4 Å². The van der Waals surface area contributed by atoms with Gasteiger partial charge in [0.25, 0.3) is 5.91 Å². The van der Waals surface area contributed by atoms with Gasteiger partial charge in [0, 0.05) is 19.1 Å². The van der Waals surface area contributed by atoms with E-state index in [1.54, 1.807) is 0 Å². The lowest BCUT2D eigenvalue weighted by atomic mass is 10.00. The highest BCUT2D eigenvalue weighted by Gasteiger charge is 2.21. The maximum Gasteiger partial charge on any atom is 0.261 e. The minimum absolute atomic E-state index is 0.00330. The van der Waals surface area contributed by atoms with E-state index in [2.05, 4.69) is 17.1 Å². The van der Waals surface area contributed by atoms with Crippen molar-refractivity contribution in [3.63, 3.8) is 0 Å². The SMILES string of the molecule is CC[C@H]1CCCCN1CCCNC(=O)[C@H](CC)Oc1ccccc1C. The highest BCUT2D eigenvalue weighted by molar-refractivity contribution is 5.81. The van der Waals surface area contributed by atoms with Crippen LogP contribution in [0.25, 0.3) is 0 Å². The first-order valence-corrected chi connectivity index (χ1v) is 9.89. The van der Waals surface area contributed by atoms with E-state index in [4.69, 9.17) is 4.74 Å². The van der Waals surface area contributed by atoms with Crippen molar-refractivity contribution in [3.05, 3.63) is 29.8 Å². The minimum Gasteiger partial charge on any atom is -0.480 e. The van der Waals surface area contributed by atoms with Gasteiger partial charge in [-0.05, 0) is 57.2 Å². The summed E-state index contributed by atoms with van der Waals surface area (Å²) in [5.74, 6) is 0.792. The molecule has 0 bridgehead atoms. The summed E-state index contributed by atoms with van der Waals surface area (Å²) in [4.78, 5) is 15.0. The average molecular weight is 347 g/mol. The van der Waals surface area contributed by atoms with Crippen molar-refractivity contribution in [2.75, 3.05) is 19.6 Å². The summed E-state index contributed by atoms with van der Waals surface area (Å²) in [6.45, 7) is 9.28. The number of para-hydroxylation sites is 1. The maximum atomic E-state index is 12.4. The van der Waals surface area contributed by atoms with Gasteiger partial charge in [0.1, 0.15) is 5.75 Å². The van der Waals surface area contributed by atoms with Gasteiger partial charge < -0.3 is 15.0 Å². The fourth-order valence-electron chi connectivity index (χ4n) is 3.59. The van der Waals surface area contributed by atoms with Crippen LogP contribution in [0.15, 0.2) is 24.3 Å². The molecule has 25 heavy (non-hydrogen) atoms. The van der Waals surface area contributed by atoms with Crippen molar-refractivity contribution < 1.29 is 9.53 Å². The Hall–Kier alpha value is -1.55. The third-order valence-corrected chi connectivity index (χ3v) is 5.17. The Morgan fingerprint density at radius 3 is 2.84 bits per heavy atom. The van der Waals surface area contributed by atoms with Crippen LogP contribution in [0.1, 0.15) is 57.9 Å². The molecule has 2 rings (SSSR count). The Labute approximate surface area is 152 Å².